The number of carbonyl (C=O) groups is 10. The molecule has 2 aliphatic heterocycles. The van der Waals surface area contributed by atoms with E-state index in [1.165, 1.54) is 43.2 Å². The van der Waals surface area contributed by atoms with Gasteiger partial charge in [-0.3, -0.25) is 48.0 Å². The molecular formula is C66H101N11O16S. The maximum absolute atomic E-state index is 14.8. The predicted molar refractivity (Wildman–Crippen MR) is 353 cm³/mol. The molecule has 11 amide bonds. The molecule has 4 rings (SSSR count). The summed E-state index contributed by atoms with van der Waals surface area (Å²) >= 11 is 0. The number of nitrogens with one attached hydrogen (secondary N) is 6. The lowest BCUT2D eigenvalue weighted by atomic mass is 9.89. The first-order valence-corrected chi connectivity index (χ1v) is 33.8. The number of hydrogen-bond donors (Lipinski definition) is 8. The number of likely N-dealkylation sites (tertiary alicyclic amines) is 1. The molecule has 0 aromatic heterocycles. The zero-order valence-corrected chi connectivity index (χ0v) is 57.3. The molecule has 28 heteroatoms. The predicted octanol–water partition coefficient (Wildman–Crippen LogP) is 4.20. The Hall–Kier alpha value is -7.95. The molecule has 1 fully saturated rings. The number of hydrogen-bond acceptors (Lipinski definition) is 16. The second-order valence-corrected chi connectivity index (χ2v) is 26.8. The third-order valence-corrected chi connectivity index (χ3v) is 18.3. The summed E-state index contributed by atoms with van der Waals surface area (Å²) in [6, 6.07) is 8.16. The van der Waals surface area contributed by atoms with E-state index in [0.717, 1.165) is 4.90 Å². The van der Waals surface area contributed by atoms with Crippen molar-refractivity contribution < 1.29 is 75.7 Å². The van der Waals surface area contributed by atoms with Crippen LogP contribution in [0.2, 0.25) is 0 Å². The van der Waals surface area contributed by atoms with Gasteiger partial charge in [0.25, 0.3) is 0 Å². The number of anilines is 1. The molecule has 0 saturated carbocycles. The highest BCUT2D eigenvalue weighted by atomic mass is 32.2. The molecule has 522 valence electrons. The summed E-state index contributed by atoms with van der Waals surface area (Å²) in [5.74, 6) is -6.60. The summed E-state index contributed by atoms with van der Waals surface area (Å²) in [5, 5.41) is 23.5. The quantitative estimate of drug-likeness (QED) is 0.0345. The van der Waals surface area contributed by atoms with E-state index in [4.69, 9.17) is 19.9 Å². The van der Waals surface area contributed by atoms with Gasteiger partial charge in [-0.05, 0) is 98.1 Å². The van der Waals surface area contributed by atoms with Crippen molar-refractivity contribution in [2.24, 2.45) is 29.4 Å². The maximum Gasteiger partial charge on any atom is 0.410 e. The molecule has 2 aliphatic rings. The van der Waals surface area contributed by atoms with Gasteiger partial charge in [-0.25, -0.2) is 18.0 Å². The smallest absolute Gasteiger partial charge is 0.410 e. The van der Waals surface area contributed by atoms with Crippen LogP contribution in [-0.2, 0) is 74.9 Å². The topological polar surface area (TPSA) is 364 Å². The van der Waals surface area contributed by atoms with Gasteiger partial charge < -0.3 is 66.3 Å². The van der Waals surface area contributed by atoms with Crippen LogP contribution in [0.15, 0.2) is 78.9 Å². The lowest BCUT2D eigenvalue weighted by Gasteiger charge is -2.41. The summed E-state index contributed by atoms with van der Waals surface area (Å²) in [7, 11) is 1.75. The fourth-order valence-corrected chi connectivity index (χ4v) is 12.9. The van der Waals surface area contributed by atoms with E-state index >= 15 is 0 Å². The zero-order chi connectivity index (χ0) is 70.1. The molecule has 1 unspecified atom stereocenters. The lowest BCUT2D eigenvalue weighted by Crippen LogP contribution is -2.60. The normalized spacial score (nSPS) is 17.5. The minimum absolute atomic E-state index is 0.0774. The molecule has 11 atom stereocenters. The van der Waals surface area contributed by atoms with Crippen LogP contribution in [0, 0.1) is 23.7 Å². The highest BCUT2D eigenvalue weighted by Crippen LogP contribution is 2.30. The number of carbonyl (C=O) groups excluding carboxylic acids is 10. The molecule has 27 nitrogen and oxygen atoms in total. The van der Waals surface area contributed by atoms with Crippen LogP contribution in [0.4, 0.5) is 15.3 Å². The van der Waals surface area contributed by atoms with Gasteiger partial charge in [-0.15, -0.1) is 0 Å². The van der Waals surface area contributed by atoms with Crippen molar-refractivity contribution in [3.63, 3.8) is 0 Å². The van der Waals surface area contributed by atoms with Crippen LogP contribution in [0.1, 0.15) is 131 Å². The van der Waals surface area contributed by atoms with Crippen LogP contribution in [-0.4, -0.2) is 195 Å². The number of nitrogens with two attached hydrogens (primary N) is 1. The van der Waals surface area contributed by atoms with Crippen LogP contribution in [0.25, 0.3) is 0 Å². The van der Waals surface area contributed by atoms with E-state index in [2.05, 4.69) is 37.9 Å². The average molecular weight is 1340 g/mol. The number of aliphatic hydroxyl groups excluding tert-OH is 1. The Morgan fingerprint density at radius 1 is 0.798 bits per heavy atom. The molecule has 0 bridgehead atoms. The summed E-state index contributed by atoms with van der Waals surface area (Å²) in [5.41, 5.74) is 6.82. The van der Waals surface area contributed by atoms with Crippen molar-refractivity contribution in [2.45, 2.75) is 187 Å². The van der Waals surface area contributed by atoms with Gasteiger partial charge in [0.05, 0.1) is 42.4 Å². The zero-order valence-electron chi connectivity index (χ0n) is 56.5. The number of benzene rings is 2. The molecule has 0 radical (unpaired) electrons. The number of ether oxygens (including phenoxy) is 3. The highest BCUT2D eigenvalue weighted by molar-refractivity contribution is 7.89. The molecule has 94 heavy (non-hydrogen) atoms. The van der Waals surface area contributed by atoms with Gasteiger partial charge in [-0.2, -0.15) is 0 Å². The summed E-state index contributed by atoms with van der Waals surface area (Å²) in [6.45, 7) is 18.5. The van der Waals surface area contributed by atoms with E-state index < -0.39 is 124 Å². The number of urea groups is 1. The Kier molecular flexibility index (Phi) is 31.6. The molecule has 0 aliphatic carbocycles. The van der Waals surface area contributed by atoms with Gasteiger partial charge in [0.2, 0.25) is 57.3 Å². The summed E-state index contributed by atoms with van der Waals surface area (Å²) in [6.07, 6.45) is 2.66. The molecular weight excluding hydrogens is 1230 g/mol. The van der Waals surface area contributed by atoms with E-state index in [9.17, 15) is 61.5 Å². The van der Waals surface area contributed by atoms with Crippen LogP contribution in [0.5, 0.6) is 0 Å². The Labute approximate surface area is 553 Å². The van der Waals surface area contributed by atoms with E-state index in [1.54, 1.807) is 108 Å². The standard InChI is InChI=1S/C66H101N11O16S/c1-14-43(8)58(50(91-12)37-54(81)76-36-22-26-49(76)59(92-13)44(9)60(82)73-94(89,90)39-46-23-17-15-18-24-46)74(10)64(86)56(41(4)5)72-63(85)57(42(6)7)75(11)66(88)93-38-45-28-30-47(31-29-45)69-61(83)48(25-21-34-68-65(67)87)70-62(84)55(40(2)3)71-51(78)27-19-16-20-35-77-52(79)32-33-53(77)80/h15,17-18,23-24,28-33,40-41,43-44,48-50,52,55-59,79H,6,14,16,19-22,25-27,34-39H2,1-5,7-13H3,(H,69,83)(H,70,84)(H,71,78)(H,72,85)(H,73,82)(H3,67,68,87)/t43-,44+,48-,49-,50+,52?,55-,56-,57-,58-,59+/m0/s1. The van der Waals surface area contributed by atoms with Crippen molar-refractivity contribution in [1.82, 2.24) is 45.6 Å². The maximum atomic E-state index is 14.8. The van der Waals surface area contributed by atoms with Crippen LogP contribution >= 0.6 is 0 Å². The van der Waals surface area contributed by atoms with Crippen molar-refractivity contribution in [1.29, 1.82) is 0 Å². The number of nitrogens with zero attached hydrogens (tertiary/aromatic N) is 4. The third kappa shape index (κ3) is 23.5. The number of amides is 11. The van der Waals surface area contributed by atoms with Crippen molar-refractivity contribution in [3.8, 4) is 0 Å². The number of primary amides is 1. The van der Waals surface area contributed by atoms with Gasteiger partial charge in [-0.1, -0.05) is 110 Å². The minimum atomic E-state index is -4.06. The number of rotatable bonds is 38. The van der Waals surface area contributed by atoms with Crippen molar-refractivity contribution in [3.05, 3.63) is 90.0 Å². The Morgan fingerprint density at radius 2 is 1.46 bits per heavy atom. The number of sulfonamides is 1. The SMILES string of the molecule is C=C(C)[C@@H](C(=O)N[C@H](C(=O)N(C)[C@@H]([C@@H](C)CC)[C@@H](CC(=O)N1CCC[C@H]1[C@H](OC)[C@@H](C)C(=O)NS(=O)(=O)Cc1ccccc1)OC)C(C)C)N(C)C(=O)OCc1ccc(NC(=O)[C@H](CCCNC(N)=O)NC(=O)[C@@H](NC(=O)CCCCCN2C(=O)C=CC2O)C(C)C)cc1. The fourth-order valence-electron chi connectivity index (χ4n) is 11.7. The average Bonchev–Trinajstić information content (AvgIpc) is 1.24. The second kappa shape index (κ2) is 37.8. The lowest BCUT2D eigenvalue weighted by molar-refractivity contribution is -0.147. The Morgan fingerprint density at radius 3 is 2.03 bits per heavy atom. The molecule has 2 aromatic carbocycles. The number of aliphatic hydroxyl groups is 1. The summed E-state index contributed by atoms with van der Waals surface area (Å²) in [4.78, 5) is 140. The van der Waals surface area contributed by atoms with E-state index in [-0.39, 0.29) is 74.0 Å². The Balaban J connectivity index is 1.38. The molecule has 2 aromatic rings. The summed E-state index contributed by atoms with van der Waals surface area (Å²) < 4.78 is 45.7. The molecule has 0 spiro atoms. The van der Waals surface area contributed by atoms with Gasteiger partial charge in [0.1, 0.15) is 37.0 Å². The first-order chi connectivity index (χ1) is 44.4. The number of likely N-dealkylation sites (N-methyl/N-ethyl adjacent to an activating group) is 2. The molecule has 2 heterocycles. The van der Waals surface area contributed by atoms with Crippen molar-refractivity contribution >= 4 is 75.1 Å². The van der Waals surface area contributed by atoms with Crippen molar-refractivity contribution in [2.75, 3.05) is 53.3 Å². The second-order valence-electron chi connectivity index (χ2n) is 25.0. The van der Waals surface area contributed by atoms with Gasteiger partial charge >= 0.3 is 12.1 Å². The van der Waals surface area contributed by atoms with Crippen LogP contribution < -0.4 is 37.0 Å². The third-order valence-electron chi connectivity index (χ3n) is 17.1. The van der Waals surface area contributed by atoms with E-state index in [0.29, 0.717) is 68.4 Å². The highest BCUT2D eigenvalue weighted by Gasteiger charge is 2.44. The first-order valence-electron chi connectivity index (χ1n) is 32.1. The number of methoxy groups -OCH3 is 2. The number of unbranched alkanes of at least 4 members (excludes halogenated alkanes) is 2. The molecule has 1 saturated heterocycles. The van der Waals surface area contributed by atoms with Crippen LogP contribution in [0.3, 0.4) is 0 Å². The van der Waals surface area contributed by atoms with E-state index in [1.807, 2.05) is 13.8 Å². The van der Waals surface area contributed by atoms with Gasteiger partial charge in [0, 0.05) is 66.1 Å². The van der Waals surface area contributed by atoms with Gasteiger partial charge in [0.15, 0.2) is 0 Å². The largest absolute Gasteiger partial charge is 0.445 e. The fraction of sp³-hybridized carbons (Fsp3) is 0.606. The monoisotopic (exact) mass is 1340 g/mol. The Bertz CT molecular complexity index is 3060. The first kappa shape index (κ1) is 78.5. The molecule has 9 N–H and O–H groups in total. The minimum Gasteiger partial charge on any atom is -0.445 e.